The fraction of sp³-hybridized carbons (Fsp3) is 0.393. The van der Waals surface area contributed by atoms with Crippen LogP contribution in [0.25, 0.3) is 22.5 Å². The summed E-state index contributed by atoms with van der Waals surface area (Å²) in [6.07, 6.45) is 1.83. The Kier molecular flexibility index (Phi) is 9.34. The van der Waals surface area contributed by atoms with Gasteiger partial charge in [-0.15, -0.1) is 0 Å². The molecule has 2 heterocycles. The Labute approximate surface area is 208 Å². The zero-order valence-corrected chi connectivity index (χ0v) is 20.6. The summed E-state index contributed by atoms with van der Waals surface area (Å²) in [5, 5.41) is 6.97. The normalized spacial score (nSPS) is 13.6. The van der Waals surface area contributed by atoms with Gasteiger partial charge in [0.1, 0.15) is 5.75 Å². The Morgan fingerprint density at radius 2 is 1.54 bits per heavy atom. The second-order valence-electron chi connectivity index (χ2n) is 8.67. The first-order valence-electron chi connectivity index (χ1n) is 12.5. The second kappa shape index (κ2) is 13.1. The number of benzene rings is 2. The highest BCUT2D eigenvalue weighted by molar-refractivity contribution is 5.73. The van der Waals surface area contributed by atoms with Crippen molar-refractivity contribution in [3.63, 3.8) is 0 Å². The van der Waals surface area contributed by atoms with E-state index in [9.17, 15) is 0 Å². The van der Waals surface area contributed by atoms with Crippen molar-refractivity contribution in [1.82, 2.24) is 10.3 Å². The van der Waals surface area contributed by atoms with E-state index in [0.29, 0.717) is 6.54 Å². The van der Waals surface area contributed by atoms with E-state index >= 15 is 0 Å². The number of ether oxygens (including phenoxy) is 2. The van der Waals surface area contributed by atoms with Crippen LogP contribution in [0.1, 0.15) is 12.8 Å². The third kappa shape index (κ3) is 7.18. The Morgan fingerprint density at radius 1 is 0.914 bits per heavy atom. The van der Waals surface area contributed by atoms with Gasteiger partial charge in [-0.2, -0.15) is 0 Å². The summed E-state index contributed by atoms with van der Waals surface area (Å²) in [6, 6.07) is 21.0. The highest BCUT2D eigenvalue weighted by Gasteiger charge is 2.12. The summed E-state index contributed by atoms with van der Waals surface area (Å²) in [6.45, 7) is 7.08. The van der Waals surface area contributed by atoms with E-state index in [-0.39, 0.29) is 0 Å². The van der Waals surface area contributed by atoms with Crippen LogP contribution in [0.2, 0.25) is 0 Å². The van der Waals surface area contributed by atoms with E-state index < -0.39 is 0 Å². The lowest BCUT2D eigenvalue weighted by Crippen LogP contribution is -2.43. The summed E-state index contributed by atoms with van der Waals surface area (Å²) in [5.41, 5.74) is 11.9. The number of nitrogens with two attached hydrogens (primary N) is 1. The van der Waals surface area contributed by atoms with Gasteiger partial charge in [0.2, 0.25) is 0 Å². The summed E-state index contributed by atoms with van der Waals surface area (Å²) < 4.78 is 11.0. The van der Waals surface area contributed by atoms with Gasteiger partial charge in [-0.25, -0.2) is 4.98 Å². The first kappa shape index (κ1) is 25.0. The van der Waals surface area contributed by atoms with Crippen molar-refractivity contribution in [3.8, 4) is 28.3 Å². The van der Waals surface area contributed by atoms with Gasteiger partial charge < -0.3 is 30.7 Å². The molecule has 0 spiro atoms. The number of piperazine rings is 1. The SMILES string of the molecule is COc1ccc(-c2cc(NCCCOCCCN)cc(-c3ccc(N4CCNCC4)cc3)n2)cc1. The number of hydrogen-bond donors (Lipinski definition) is 3. The van der Waals surface area contributed by atoms with E-state index in [1.54, 1.807) is 7.11 Å². The third-order valence-corrected chi connectivity index (χ3v) is 6.14. The van der Waals surface area contributed by atoms with E-state index in [1.807, 2.05) is 24.3 Å². The van der Waals surface area contributed by atoms with Gasteiger partial charge in [-0.1, -0.05) is 12.1 Å². The van der Waals surface area contributed by atoms with Gasteiger partial charge in [-0.3, -0.25) is 0 Å². The molecule has 0 unspecified atom stereocenters. The van der Waals surface area contributed by atoms with Gasteiger partial charge in [0.25, 0.3) is 0 Å². The molecule has 35 heavy (non-hydrogen) atoms. The number of nitrogens with zero attached hydrogens (tertiary/aromatic N) is 2. The maximum atomic E-state index is 5.63. The van der Waals surface area contributed by atoms with Crippen LogP contribution in [0, 0.1) is 0 Å². The number of anilines is 2. The van der Waals surface area contributed by atoms with Crippen molar-refractivity contribution in [2.24, 2.45) is 5.73 Å². The second-order valence-corrected chi connectivity index (χ2v) is 8.67. The first-order valence-corrected chi connectivity index (χ1v) is 12.5. The van der Waals surface area contributed by atoms with Crippen LogP contribution in [-0.4, -0.2) is 64.6 Å². The molecule has 7 nitrogen and oxygen atoms in total. The molecule has 1 saturated heterocycles. The van der Waals surface area contributed by atoms with Crippen molar-refractivity contribution < 1.29 is 9.47 Å². The topological polar surface area (TPSA) is 84.7 Å². The summed E-state index contributed by atoms with van der Waals surface area (Å²) in [5.74, 6) is 0.835. The highest BCUT2D eigenvalue weighted by atomic mass is 16.5. The predicted octanol–water partition coefficient (Wildman–Crippen LogP) is 4.00. The average molecular weight is 476 g/mol. The minimum Gasteiger partial charge on any atom is -0.497 e. The zero-order chi connectivity index (χ0) is 24.3. The van der Waals surface area contributed by atoms with Gasteiger partial charge in [0.15, 0.2) is 0 Å². The molecular weight excluding hydrogens is 438 g/mol. The lowest BCUT2D eigenvalue weighted by atomic mass is 10.1. The molecule has 0 radical (unpaired) electrons. The van der Waals surface area contributed by atoms with Crippen LogP contribution in [0.5, 0.6) is 5.75 Å². The molecule has 0 saturated carbocycles. The van der Waals surface area contributed by atoms with Crippen molar-refractivity contribution in [3.05, 3.63) is 60.7 Å². The van der Waals surface area contributed by atoms with E-state index in [1.165, 1.54) is 5.69 Å². The third-order valence-electron chi connectivity index (χ3n) is 6.14. The van der Waals surface area contributed by atoms with Gasteiger partial charge in [0, 0.05) is 68.4 Å². The van der Waals surface area contributed by atoms with Crippen molar-refractivity contribution >= 4 is 11.4 Å². The van der Waals surface area contributed by atoms with Crippen LogP contribution in [0.15, 0.2) is 60.7 Å². The van der Waals surface area contributed by atoms with E-state index in [2.05, 4.69) is 51.9 Å². The van der Waals surface area contributed by atoms with Gasteiger partial charge >= 0.3 is 0 Å². The Morgan fingerprint density at radius 3 is 2.17 bits per heavy atom. The van der Waals surface area contributed by atoms with Crippen molar-refractivity contribution in [1.29, 1.82) is 0 Å². The number of nitrogens with one attached hydrogen (secondary N) is 2. The monoisotopic (exact) mass is 475 g/mol. The molecule has 3 aromatic rings. The highest BCUT2D eigenvalue weighted by Crippen LogP contribution is 2.29. The van der Waals surface area contributed by atoms with Crippen LogP contribution in [0.4, 0.5) is 11.4 Å². The quantitative estimate of drug-likeness (QED) is 0.342. The average Bonchev–Trinajstić information content (AvgIpc) is 2.93. The molecule has 1 aromatic heterocycles. The maximum absolute atomic E-state index is 5.63. The smallest absolute Gasteiger partial charge is 0.118 e. The van der Waals surface area contributed by atoms with E-state index in [0.717, 1.165) is 92.7 Å². The molecule has 0 atom stereocenters. The number of aromatic nitrogens is 1. The molecule has 2 aromatic carbocycles. The molecule has 4 rings (SSSR count). The largest absolute Gasteiger partial charge is 0.497 e. The number of hydrogen-bond acceptors (Lipinski definition) is 7. The van der Waals surface area contributed by atoms with Crippen molar-refractivity contribution in [2.75, 3.05) is 69.8 Å². The van der Waals surface area contributed by atoms with Gasteiger partial charge in [-0.05, 0) is 67.9 Å². The zero-order valence-electron chi connectivity index (χ0n) is 20.6. The minimum atomic E-state index is 0.669. The predicted molar refractivity (Wildman–Crippen MR) is 144 cm³/mol. The minimum absolute atomic E-state index is 0.669. The summed E-state index contributed by atoms with van der Waals surface area (Å²) in [7, 11) is 1.68. The number of rotatable bonds is 12. The Balaban J connectivity index is 1.52. The van der Waals surface area contributed by atoms with Crippen LogP contribution >= 0.6 is 0 Å². The number of pyridine rings is 1. The summed E-state index contributed by atoms with van der Waals surface area (Å²) >= 11 is 0. The fourth-order valence-electron chi connectivity index (χ4n) is 4.15. The molecular formula is C28H37N5O2. The Hall–Kier alpha value is -3.13. The van der Waals surface area contributed by atoms with E-state index in [4.69, 9.17) is 20.2 Å². The molecule has 186 valence electrons. The number of methoxy groups -OCH3 is 1. The molecule has 0 aliphatic carbocycles. The molecule has 1 aliphatic heterocycles. The summed E-state index contributed by atoms with van der Waals surface area (Å²) in [4.78, 5) is 7.43. The van der Waals surface area contributed by atoms with Crippen molar-refractivity contribution in [2.45, 2.75) is 12.8 Å². The standard InChI is InChI=1S/C28H37N5O2/c1-34-26-10-6-23(7-11-26)28-21-24(31-13-3-19-35-18-2-12-29)20-27(32-28)22-4-8-25(9-5-22)33-16-14-30-15-17-33/h4-11,20-21,30H,2-3,12-19,29H2,1H3,(H,31,32). The van der Waals surface area contributed by atoms with Crippen LogP contribution in [0.3, 0.4) is 0 Å². The molecule has 0 amide bonds. The maximum Gasteiger partial charge on any atom is 0.118 e. The lowest BCUT2D eigenvalue weighted by Gasteiger charge is -2.29. The molecule has 7 heteroatoms. The molecule has 1 fully saturated rings. The van der Waals surface area contributed by atoms with Crippen LogP contribution < -0.4 is 26.0 Å². The first-order chi connectivity index (χ1) is 17.3. The molecule has 4 N–H and O–H groups in total. The van der Waals surface area contributed by atoms with Crippen LogP contribution in [-0.2, 0) is 4.74 Å². The lowest BCUT2D eigenvalue weighted by molar-refractivity contribution is 0.133. The van der Waals surface area contributed by atoms with Gasteiger partial charge in [0.05, 0.1) is 18.5 Å². The fourth-order valence-corrected chi connectivity index (χ4v) is 4.15. The molecule has 0 bridgehead atoms. The Bertz CT molecular complexity index is 1030. The molecule has 1 aliphatic rings.